The fourth-order valence-electron chi connectivity index (χ4n) is 1.33. The van der Waals surface area contributed by atoms with Gasteiger partial charge in [0.1, 0.15) is 0 Å². The summed E-state index contributed by atoms with van der Waals surface area (Å²) in [6.07, 6.45) is 0. The zero-order valence-electron chi connectivity index (χ0n) is 9.88. The second-order valence-corrected chi connectivity index (χ2v) is 4.49. The normalized spacial score (nSPS) is 11.7. The number of ether oxygens (including phenoxy) is 2. The van der Waals surface area contributed by atoms with Crippen LogP contribution >= 0.6 is 0 Å². The van der Waals surface area contributed by atoms with Crippen molar-refractivity contribution >= 4 is 0 Å². The third kappa shape index (κ3) is 3.08. The molecule has 0 saturated carbocycles. The van der Waals surface area contributed by atoms with Crippen molar-refractivity contribution in [3.05, 3.63) is 23.8 Å². The summed E-state index contributed by atoms with van der Waals surface area (Å²) < 4.78 is 33.6. The molecule has 0 bridgehead atoms. The number of halogens is 2. The second-order valence-electron chi connectivity index (χ2n) is 4.49. The molecule has 1 aromatic carbocycles. The van der Waals surface area contributed by atoms with Crippen molar-refractivity contribution in [2.24, 2.45) is 0 Å². The van der Waals surface area contributed by atoms with Crippen molar-refractivity contribution in [3.63, 3.8) is 0 Å². The van der Waals surface area contributed by atoms with Crippen LogP contribution in [-0.4, -0.2) is 13.7 Å². The van der Waals surface area contributed by atoms with Gasteiger partial charge in [-0.2, -0.15) is 8.78 Å². The number of hydrogen-bond acceptors (Lipinski definition) is 2. The van der Waals surface area contributed by atoms with Gasteiger partial charge in [0.2, 0.25) is 0 Å². The molecular formula is C12H16F2O2. The van der Waals surface area contributed by atoms with Gasteiger partial charge in [-0.15, -0.1) is 0 Å². The molecule has 0 aromatic heterocycles. The van der Waals surface area contributed by atoms with E-state index in [1.54, 1.807) is 12.1 Å². The average molecular weight is 230 g/mol. The molecule has 0 unspecified atom stereocenters. The highest BCUT2D eigenvalue weighted by Gasteiger charge is 2.17. The van der Waals surface area contributed by atoms with Crippen molar-refractivity contribution < 1.29 is 18.3 Å². The lowest BCUT2D eigenvalue weighted by Gasteiger charge is -2.20. The van der Waals surface area contributed by atoms with Crippen LogP contribution in [-0.2, 0) is 5.41 Å². The van der Waals surface area contributed by atoms with E-state index in [1.807, 2.05) is 20.8 Å². The van der Waals surface area contributed by atoms with Gasteiger partial charge in [-0.05, 0) is 23.1 Å². The first-order valence-corrected chi connectivity index (χ1v) is 4.98. The van der Waals surface area contributed by atoms with Crippen LogP contribution in [0.5, 0.6) is 11.5 Å². The quantitative estimate of drug-likeness (QED) is 0.790. The van der Waals surface area contributed by atoms with E-state index in [0.29, 0.717) is 5.75 Å². The van der Waals surface area contributed by atoms with Crippen LogP contribution in [0, 0.1) is 0 Å². The van der Waals surface area contributed by atoms with Crippen LogP contribution in [0.2, 0.25) is 0 Å². The Balaban J connectivity index is 3.07. The molecule has 4 heteroatoms. The smallest absolute Gasteiger partial charge is 0.387 e. The van der Waals surface area contributed by atoms with Gasteiger partial charge in [-0.25, -0.2) is 0 Å². The van der Waals surface area contributed by atoms with E-state index in [2.05, 4.69) is 4.74 Å². The molecule has 0 saturated heterocycles. The van der Waals surface area contributed by atoms with Crippen molar-refractivity contribution in [2.45, 2.75) is 32.8 Å². The Kier molecular flexibility index (Phi) is 3.73. The number of rotatable bonds is 3. The standard InChI is InChI=1S/C12H16F2O2/c1-12(2,3)8-5-6-9(16-11(13)14)10(7-8)15-4/h5-7,11H,1-4H3. The molecule has 0 aliphatic rings. The van der Waals surface area contributed by atoms with Gasteiger partial charge in [0.15, 0.2) is 11.5 Å². The maximum Gasteiger partial charge on any atom is 0.387 e. The molecule has 0 spiro atoms. The Morgan fingerprint density at radius 2 is 1.75 bits per heavy atom. The minimum Gasteiger partial charge on any atom is -0.493 e. The largest absolute Gasteiger partial charge is 0.493 e. The zero-order valence-corrected chi connectivity index (χ0v) is 9.88. The fourth-order valence-corrected chi connectivity index (χ4v) is 1.33. The Morgan fingerprint density at radius 3 is 2.19 bits per heavy atom. The molecule has 1 rings (SSSR count). The zero-order chi connectivity index (χ0) is 12.3. The van der Waals surface area contributed by atoms with Gasteiger partial charge in [-0.3, -0.25) is 0 Å². The SMILES string of the molecule is COc1cc(C(C)(C)C)ccc1OC(F)F. The Hall–Kier alpha value is -1.32. The summed E-state index contributed by atoms with van der Waals surface area (Å²) in [6.45, 7) is 3.27. The average Bonchev–Trinajstić information content (AvgIpc) is 2.15. The third-order valence-corrected chi connectivity index (χ3v) is 2.25. The topological polar surface area (TPSA) is 18.5 Å². The van der Waals surface area contributed by atoms with Crippen LogP contribution in [0.4, 0.5) is 8.78 Å². The lowest BCUT2D eigenvalue weighted by Crippen LogP contribution is -2.11. The first-order valence-electron chi connectivity index (χ1n) is 4.98. The number of benzene rings is 1. The van der Waals surface area contributed by atoms with Crippen LogP contribution in [0.1, 0.15) is 26.3 Å². The number of alkyl halides is 2. The highest BCUT2D eigenvalue weighted by molar-refractivity contribution is 5.44. The fraction of sp³-hybridized carbons (Fsp3) is 0.500. The lowest BCUT2D eigenvalue weighted by atomic mass is 9.87. The minimum atomic E-state index is -2.84. The van der Waals surface area contributed by atoms with Gasteiger partial charge < -0.3 is 9.47 Å². The molecule has 0 radical (unpaired) electrons. The summed E-state index contributed by atoms with van der Waals surface area (Å²) in [5.41, 5.74) is 0.947. The Morgan fingerprint density at radius 1 is 1.12 bits per heavy atom. The monoisotopic (exact) mass is 230 g/mol. The van der Waals surface area contributed by atoms with Crippen LogP contribution in [0.3, 0.4) is 0 Å². The van der Waals surface area contributed by atoms with Gasteiger partial charge in [0, 0.05) is 0 Å². The molecule has 0 amide bonds. The van der Waals surface area contributed by atoms with Crippen molar-refractivity contribution in [2.75, 3.05) is 7.11 Å². The van der Waals surface area contributed by atoms with E-state index in [9.17, 15) is 8.78 Å². The van der Waals surface area contributed by atoms with Crippen molar-refractivity contribution in [1.82, 2.24) is 0 Å². The van der Waals surface area contributed by atoms with E-state index in [-0.39, 0.29) is 11.2 Å². The molecular weight excluding hydrogens is 214 g/mol. The summed E-state index contributed by atoms with van der Waals surface area (Å²) in [5.74, 6) is 0.387. The maximum absolute atomic E-state index is 12.1. The molecule has 2 nitrogen and oxygen atoms in total. The molecule has 0 heterocycles. The predicted octanol–water partition coefficient (Wildman–Crippen LogP) is 3.59. The molecule has 0 fully saturated rings. The van der Waals surface area contributed by atoms with Gasteiger partial charge in [-0.1, -0.05) is 26.8 Å². The molecule has 1 aromatic rings. The van der Waals surface area contributed by atoms with E-state index < -0.39 is 6.61 Å². The number of methoxy groups -OCH3 is 1. The van der Waals surface area contributed by atoms with Gasteiger partial charge in [0.05, 0.1) is 7.11 Å². The third-order valence-electron chi connectivity index (χ3n) is 2.25. The van der Waals surface area contributed by atoms with Gasteiger partial charge >= 0.3 is 6.61 Å². The molecule has 0 aliphatic carbocycles. The van der Waals surface area contributed by atoms with Gasteiger partial charge in [0.25, 0.3) is 0 Å². The van der Waals surface area contributed by atoms with E-state index in [4.69, 9.17) is 4.74 Å². The summed E-state index contributed by atoms with van der Waals surface area (Å²) in [4.78, 5) is 0. The molecule has 90 valence electrons. The van der Waals surface area contributed by atoms with Crippen LogP contribution < -0.4 is 9.47 Å². The summed E-state index contributed by atoms with van der Waals surface area (Å²) in [5, 5.41) is 0. The number of hydrogen-bond donors (Lipinski definition) is 0. The lowest BCUT2D eigenvalue weighted by molar-refractivity contribution is -0.0512. The predicted molar refractivity (Wildman–Crippen MR) is 58.3 cm³/mol. The molecule has 0 N–H and O–H groups in total. The molecule has 0 atom stereocenters. The Bertz CT molecular complexity index is 357. The van der Waals surface area contributed by atoms with Crippen LogP contribution in [0.25, 0.3) is 0 Å². The second kappa shape index (κ2) is 4.68. The first-order chi connectivity index (χ1) is 7.34. The summed E-state index contributed by atoms with van der Waals surface area (Å²) in [7, 11) is 1.43. The van der Waals surface area contributed by atoms with Crippen LogP contribution in [0.15, 0.2) is 18.2 Å². The van der Waals surface area contributed by atoms with E-state index >= 15 is 0 Å². The highest BCUT2D eigenvalue weighted by Crippen LogP contribution is 2.33. The Labute approximate surface area is 94.2 Å². The molecule has 16 heavy (non-hydrogen) atoms. The highest BCUT2D eigenvalue weighted by atomic mass is 19.3. The van der Waals surface area contributed by atoms with E-state index in [1.165, 1.54) is 13.2 Å². The first kappa shape index (κ1) is 12.7. The molecule has 0 aliphatic heterocycles. The summed E-state index contributed by atoms with van der Waals surface area (Å²) in [6, 6.07) is 4.99. The summed E-state index contributed by atoms with van der Waals surface area (Å²) >= 11 is 0. The van der Waals surface area contributed by atoms with Crippen molar-refractivity contribution in [3.8, 4) is 11.5 Å². The minimum absolute atomic E-state index is 0.0589. The van der Waals surface area contributed by atoms with Crippen molar-refractivity contribution in [1.29, 1.82) is 0 Å². The maximum atomic E-state index is 12.1. The van der Waals surface area contributed by atoms with E-state index in [0.717, 1.165) is 5.56 Å².